The number of para-hydroxylation sites is 1. The molecule has 38 heavy (non-hydrogen) atoms. The van der Waals surface area contributed by atoms with Gasteiger partial charge in [0.15, 0.2) is 0 Å². The molecular formula is C23H29N5O10. The number of carbonyl (C=O) groups excluding carboxylic acids is 3. The first-order chi connectivity index (χ1) is 17.8. The number of nitrogens with one attached hydrogen (secondary N) is 4. The van der Waals surface area contributed by atoms with Crippen LogP contribution in [-0.2, 0) is 35.2 Å². The molecule has 5 atom stereocenters. The highest BCUT2D eigenvalue weighted by Crippen LogP contribution is 2.18. The summed E-state index contributed by atoms with van der Waals surface area (Å²) in [6.45, 7) is 1.16. The summed E-state index contributed by atoms with van der Waals surface area (Å²) in [5.41, 5.74) is 7.56. The number of hydrogen-bond donors (Lipinski definition) is 9. The van der Waals surface area contributed by atoms with Crippen LogP contribution in [0.25, 0.3) is 10.9 Å². The molecule has 0 radical (unpaired) electrons. The molecule has 0 aliphatic carbocycles. The summed E-state index contributed by atoms with van der Waals surface area (Å²) in [6.07, 6.45) is -1.76. The minimum absolute atomic E-state index is 0.0776. The van der Waals surface area contributed by atoms with Crippen molar-refractivity contribution in [2.75, 3.05) is 0 Å². The Labute approximate surface area is 215 Å². The van der Waals surface area contributed by atoms with Gasteiger partial charge in [-0.05, 0) is 25.0 Å². The second kappa shape index (κ2) is 13.2. The normalized spacial score (nSPS) is 14.9. The van der Waals surface area contributed by atoms with Crippen LogP contribution in [0.2, 0.25) is 0 Å². The summed E-state index contributed by atoms with van der Waals surface area (Å²) in [6, 6.07) is 0.745. The highest BCUT2D eigenvalue weighted by molar-refractivity contribution is 5.96. The van der Waals surface area contributed by atoms with Crippen molar-refractivity contribution in [3.8, 4) is 0 Å². The lowest BCUT2D eigenvalue weighted by molar-refractivity contribution is -0.148. The average molecular weight is 536 g/mol. The van der Waals surface area contributed by atoms with E-state index in [-0.39, 0.29) is 6.42 Å². The first-order valence-corrected chi connectivity index (χ1v) is 11.4. The van der Waals surface area contributed by atoms with Gasteiger partial charge in [-0.25, -0.2) is 4.79 Å². The molecule has 15 nitrogen and oxygen atoms in total. The molecule has 1 aromatic heterocycles. The smallest absolute Gasteiger partial charge is 0.326 e. The summed E-state index contributed by atoms with van der Waals surface area (Å²) in [5.74, 6) is -8.05. The van der Waals surface area contributed by atoms with E-state index in [0.29, 0.717) is 0 Å². The molecule has 0 spiro atoms. The first-order valence-electron chi connectivity index (χ1n) is 11.4. The molecule has 0 saturated carbocycles. The standard InChI is InChI=1S/C23H29N5O10/c1-10(29)19(28-20(34)13(24)6-11-9-25-14-5-3-2-4-12(11)14)22(36)26-15(7-17(30)31)21(35)27-16(23(37)38)8-18(32)33/h2-5,9-10,13,15-16,19,25,29H,6-8,24H2,1H3,(H,26,36)(H,27,35)(H,28,34)(H,30,31)(H,32,33)(H,37,38). The maximum atomic E-state index is 12.8. The van der Waals surface area contributed by atoms with Crippen LogP contribution >= 0.6 is 0 Å². The van der Waals surface area contributed by atoms with Crippen molar-refractivity contribution in [1.29, 1.82) is 0 Å². The number of H-pyrrole nitrogens is 1. The van der Waals surface area contributed by atoms with Crippen molar-refractivity contribution < 1.29 is 49.2 Å². The summed E-state index contributed by atoms with van der Waals surface area (Å²) in [4.78, 5) is 74.4. The first kappa shape index (κ1) is 29.7. The second-order valence-corrected chi connectivity index (χ2v) is 8.55. The quantitative estimate of drug-likeness (QED) is 0.127. The van der Waals surface area contributed by atoms with E-state index in [0.717, 1.165) is 23.4 Å². The number of carbonyl (C=O) groups is 6. The summed E-state index contributed by atoms with van der Waals surface area (Å²) in [7, 11) is 0. The molecule has 2 aromatic rings. The number of aromatic nitrogens is 1. The molecule has 2 rings (SSSR count). The molecule has 3 amide bonds. The Morgan fingerprint density at radius 3 is 2.03 bits per heavy atom. The molecule has 0 saturated heterocycles. The van der Waals surface area contributed by atoms with Gasteiger partial charge in [-0.15, -0.1) is 0 Å². The molecule has 0 fully saturated rings. The van der Waals surface area contributed by atoms with Crippen LogP contribution in [0.5, 0.6) is 0 Å². The van der Waals surface area contributed by atoms with Gasteiger partial charge in [-0.2, -0.15) is 0 Å². The van der Waals surface area contributed by atoms with Crippen molar-refractivity contribution in [2.45, 2.75) is 56.5 Å². The van der Waals surface area contributed by atoms with E-state index in [1.165, 1.54) is 0 Å². The third-order valence-electron chi connectivity index (χ3n) is 5.52. The van der Waals surface area contributed by atoms with E-state index in [1.54, 1.807) is 6.20 Å². The number of aliphatic hydroxyl groups excluding tert-OH is 1. The molecular weight excluding hydrogens is 506 g/mol. The lowest BCUT2D eigenvalue weighted by Crippen LogP contribution is -2.60. The molecule has 0 aliphatic heterocycles. The zero-order valence-electron chi connectivity index (χ0n) is 20.2. The van der Waals surface area contributed by atoms with E-state index in [4.69, 9.17) is 21.1 Å². The molecule has 10 N–H and O–H groups in total. The Bertz CT molecular complexity index is 1210. The average Bonchev–Trinajstić information content (AvgIpc) is 3.23. The zero-order valence-corrected chi connectivity index (χ0v) is 20.2. The van der Waals surface area contributed by atoms with Crippen LogP contribution in [0, 0.1) is 0 Å². The van der Waals surface area contributed by atoms with Crippen LogP contribution in [0.1, 0.15) is 25.3 Å². The van der Waals surface area contributed by atoms with Gasteiger partial charge in [0.25, 0.3) is 0 Å². The van der Waals surface area contributed by atoms with Gasteiger partial charge in [0.05, 0.1) is 25.0 Å². The maximum absolute atomic E-state index is 12.8. The number of aliphatic hydroxyl groups is 1. The predicted molar refractivity (Wildman–Crippen MR) is 130 cm³/mol. The molecule has 0 aliphatic rings. The minimum atomic E-state index is -1.90. The largest absolute Gasteiger partial charge is 0.481 e. The maximum Gasteiger partial charge on any atom is 0.326 e. The van der Waals surface area contributed by atoms with Gasteiger partial charge >= 0.3 is 17.9 Å². The Hall–Kier alpha value is -4.50. The molecule has 5 unspecified atom stereocenters. The van der Waals surface area contributed by atoms with Crippen LogP contribution in [0.4, 0.5) is 0 Å². The number of amides is 3. The zero-order chi connectivity index (χ0) is 28.6. The highest BCUT2D eigenvalue weighted by Gasteiger charge is 2.34. The van der Waals surface area contributed by atoms with Crippen molar-refractivity contribution in [3.05, 3.63) is 36.0 Å². The van der Waals surface area contributed by atoms with Crippen LogP contribution in [-0.4, -0.2) is 91.3 Å². The number of rotatable bonds is 14. The van der Waals surface area contributed by atoms with Crippen molar-refractivity contribution >= 4 is 46.5 Å². The molecule has 1 heterocycles. The second-order valence-electron chi connectivity index (χ2n) is 8.55. The molecule has 0 bridgehead atoms. The molecule has 1 aromatic carbocycles. The number of nitrogens with two attached hydrogens (primary N) is 1. The number of benzene rings is 1. The van der Waals surface area contributed by atoms with Gasteiger partial charge < -0.3 is 47.1 Å². The summed E-state index contributed by atoms with van der Waals surface area (Å²) in [5, 5.41) is 44.1. The van der Waals surface area contributed by atoms with E-state index in [9.17, 15) is 33.9 Å². The van der Waals surface area contributed by atoms with Crippen LogP contribution < -0.4 is 21.7 Å². The van der Waals surface area contributed by atoms with Gasteiger partial charge in [0.1, 0.15) is 18.1 Å². The van der Waals surface area contributed by atoms with Crippen molar-refractivity contribution in [1.82, 2.24) is 20.9 Å². The number of aliphatic carboxylic acids is 3. The van der Waals surface area contributed by atoms with Gasteiger partial charge in [-0.1, -0.05) is 18.2 Å². The number of carboxylic acids is 3. The predicted octanol–water partition coefficient (Wildman–Crippen LogP) is -2.09. The lowest BCUT2D eigenvalue weighted by atomic mass is 10.0. The third-order valence-corrected chi connectivity index (χ3v) is 5.52. The fourth-order valence-corrected chi connectivity index (χ4v) is 3.59. The fourth-order valence-electron chi connectivity index (χ4n) is 3.59. The summed E-state index contributed by atoms with van der Waals surface area (Å²) >= 11 is 0. The topological polar surface area (TPSA) is 261 Å². The van der Waals surface area contributed by atoms with Crippen LogP contribution in [0.3, 0.4) is 0 Å². The Morgan fingerprint density at radius 1 is 0.868 bits per heavy atom. The number of carboxylic acid groups (broad SMARTS) is 3. The van der Waals surface area contributed by atoms with Crippen molar-refractivity contribution in [2.24, 2.45) is 5.73 Å². The van der Waals surface area contributed by atoms with E-state index in [2.05, 4.69) is 10.3 Å². The van der Waals surface area contributed by atoms with E-state index in [1.807, 2.05) is 34.9 Å². The minimum Gasteiger partial charge on any atom is -0.481 e. The lowest BCUT2D eigenvalue weighted by Gasteiger charge is -2.25. The number of fused-ring (bicyclic) bond motifs is 1. The molecule has 206 valence electrons. The third kappa shape index (κ3) is 8.28. The SMILES string of the molecule is CC(O)C(NC(=O)C(N)Cc1c[nH]c2ccccc12)C(=O)NC(CC(=O)O)C(=O)NC(CC(=O)O)C(=O)O. The Balaban J connectivity index is 2.11. The fraction of sp³-hybridized carbons (Fsp3) is 0.391. The van der Waals surface area contributed by atoms with Crippen LogP contribution in [0.15, 0.2) is 30.5 Å². The number of aromatic amines is 1. The van der Waals surface area contributed by atoms with E-state index < -0.39 is 78.7 Å². The van der Waals surface area contributed by atoms with Gasteiger partial charge in [0, 0.05) is 17.1 Å². The monoisotopic (exact) mass is 535 g/mol. The number of hydrogen-bond acceptors (Lipinski definition) is 8. The Kier molecular flexibility index (Phi) is 10.3. The highest BCUT2D eigenvalue weighted by atomic mass is 16.4. The van der Waals surface area contributed by atoms with Gasteiger partial charge in [-0.3, -0.25) is 24.0 Å². The van der Waals surface area contributed by atoms with E-state index >= 15 is 0 Å². The Morgan fingerprint density at radius 2 is 1.45 bits per heavy atom. The molecule has 15 heteroatoms. The summed E-state index contributed by atoms with van der Waals surface area (Å²) < 4.78 is 0. The van der Waals surface area contributed by atoms with Gasteiger partial charge in [0.2, 0.25) is 17.7 Å². The van der Waals surface area contributed by atoms with Crippen molar-refractivity contribution in [3.63, 3.8) is 0 Å².